The zero-order valence-electron chi connectivity index (χ0n) is 7.77. The molecule has 1 amide bonds. The minimum atomic E-state index is -1.11. The number of carbonyl (C=O) groups is 2. The highest BCUT2D eigenvalue weighted by Crippen LogP contribution is 2.27. The van der Waals surface area contributed by atoms with Crippen molar-refractivity contribution < 1.29 is 14.7 Å². The fraction of sp³-hybridized carbons (Fsp3) is 0.667. The Bertz CT molecular complexity index is 278. The average molecular weight is 196 g/mol. The highest BCUT2D eigenvalue weighted by molar-refractivity contribution is 5.93. The third-order valence-corrected chi connectivity index (χ3v) is 2.07. The van der Waals surface area contributed by atoms with Crippen LogP contribution in [0, 0.1) is 11.3 Å². The topological polar surface area (TPSA) is 81.4 Å². The molecule has 1 aliphatic rings. The van der Waals surface area contributed by atoms with Crippen molar-refractivity contribution in [1.82, 2.24) is 4.90 Å². The molecule has 1 N–H and O–H groups in total. The Balaban J connectivity index is 2.45. The first-order valence-corrected chi connectivity index (χ1v) is 4.53. The highest BCUT2D eigenvalue weighted by Gasteiger charge is 2.32. The van der Waals surface area contributed by atoms with Crippen molar-refractivity contribution in [1.29, 1.82) is 5.26 Å². The molecule has 0 aromatic carbocycles. The maximum atomic E-state index is 11.4. The van der Waals surface area contributed by atoms with Gasteiger partial charge in [0.25, 0.3) is 0 Å². The van der Waals surface area contributed by atoms with Gasteiger partial charge in [-0.15, -0.1) is 0 Å². The number of carboxylic acid groups (broad SMARTS) is 1. The van der Waals surface area contributed by atoms with Crippen LogP contribution in [0.25, 0.3) is 0 Å². The summed E-state index contributed by atoms with van der Waals surface area (Å²) in [5.74, 6) is -1.49. The molecule has 0 aliphatic heterocycles. The van der Waals surface area contributed by atoms with E-state index in [-0.39, 0.29) is 18.4 Å². The van der Waals surface area contributed by atoms with E-state index in [0.717, 1.165) is 12.8 Å². The predicted octanol–water partition coefficient (Wildman–Crippen LogP) is 0.366. The molecule has 0 aromatic heterocycles. The summed E-state index contributed by atoms with van der Waals surface area (Å²) >= 11 is 0. The summed E-state index contributed by atoms with van der Waals surface area (Å²) in [6.45, 7) is 0.354. The summed E-state index contributed by atoms with van der Waals surface area (Å²) in [6, 6.07) is 2.12. The summed E-state index contributed by atoms with van der Waals surface area (Å²) < 4.78 is 0. The van der Waals surface area contributed by atoms with Gasteiger partial charge < -0.3 is 10.0 Å². The molecule has 1 aliphatic carbocycles. The maximum absolute atomic E-state index is 11.4. The molecule has 0 heterocycles. The van der Waals surface area contributed by atoms with Gasteiger partial charge in [0.2, 0.25) is 5.91 Å². The monoisotopic (exact) mass is 196 g/mol. The molecule has 5 nitrogen and oxygen atoms in total. The van der Waals surface area contributed by atoms with E-state index in [9.17, 15) is 9.59 Å². The van der Waals surface area contributed by atoms with Crippen LogP contribution in [0.15, 0.2) is 0 Å². The first-order valence-electron chi connectivity index (χ1n) is 4.53. The Morgan fingerprint density at radius 3 is 2.57 bits per heavy atom. The van der Waals surface area contributed by atoms with Crippen molar-refractivity contribution in [2.24, 2.45) is 0 Å². The molecule has 0 atom stereocenters. The average Bonchev–Trinajstić information content (AvgIpc) is 2.87. The Hall–Kier alpha value is -1.57. The van der Waals surface area contributed by atoms with Crippen LogP contribution in [0.2, 0.25) is 0 Å². The fourth-order valence-corrected chi connectivity index (χ4v) is 1.30. The number of nitrogens with zero attached hydrogens (tertiary/aromatic N) is 2. The van der Waals surface area contributed by atoms with Gasteiger partial charge in [0.15, 0.2) is 0 Å². The van der Waals surface area contributed by atoms with Crippen LogP contribution >= 0.6 is 0 Å². The van der Waals surface area contributed by atoms with Gasteiger partial charge >= 0.3 is 5.97 Å². The lowest BCUT2D eigenvalue weighted by Gasteiger charge is -2.19. The van der Waals surface area contributed by atoms with Crippen molar-refractivity contribution in [3.05, 3.63) is 0 Å². The van der Waals surface area contributed by atoms with Crippen LogP contribution < -0.4 is 0 Å². The Kier molecular flexibility index (Phi) is 3.46. The van der Waals surface area contributed by atoms with Crippen molar-refractivity contribution in [3.63, 3.8) is 0 Å². The van der Waals surface area contributed by atoms with E-state index in [2.05, 4.69) is 0 Å². The molecular formula is C9H12N2O3. The number of rotatable bonds is 5. The van der Waals surface area contributed by atoms with Crippen LogP contribution in [0.4, 0.5) is 0 Å². The Morgan fingerprint density at radius 2 is 2.14 bits per heavy atom. The van der Waals surface area contributed by atoms with Crippen LogP contribution in [-0.4, -0.2) is 34.5 Å². The van der Waals surface area contributed by atoms with Gasteiger partial charge in [-0.3, -0.25) is 9.59 Å². The zero-order chi connectivity index (χ0) is 10.6. The molecule has 1 fully saturated rings. The summed E-state index contributed by atoms with van der Waals surface area (Å²) in [6.07, 6.45) is 1.65. The lowest BCUT2D eigenvalue weighted by molar-refractivity contribution is -0.144. The van der Waals surface area contributed by atoms with E-state index < -0.39 is 12.4 Å². The fourth-order valence-electron chi connectivity index (χ4n) is 1.30. The second kappa shape index (κ2) is 4.61. The molecule has 76 valence electrons. The predicted molar refractivity (Wildman–Crippen MR) is 47.2 cm³/mol. The van der Waals surface area contributed by atoms with Crippen molar-refractivity contribution >= 4 is 11.9 Å². The van der Waals surface area contributed by atoms with Crippen molar-refractivity contribution in [2.75, 3.05) is 6.54 Å². The molecule has 0 saturated heterocycles. The van der Waals surface area contributed by atoms with Gasteiger partial charge in [-0.1, -0.05) is 0 Å². The van der Waals surface area contributed by atoms with E-state index >= 15 is 0 Å². The summed E-state index contributed by atoms with van der Waals surface area (Å²) in [7, 11) is 0. The number of nitriles is 1. The third-order valence-electron chi connectivity index (χ3n) is 2.07. The molecule has 0 unspecified atom stereocenters. The highest BCUT2D eigenvalue weighted by atomic mass is 16.4. The van der Waals surface area contributed by atoms with Gasteiger partial charge in [-0.25, -0.2) is 0 Å². The largest absolute Gasteiger partial charge is 0.481 e. The lowest BCUT2D eigenvalue weighted by atomic mass is 10.3. The normalized spacial score (nSPS) is 14.5. The SMILES string of the molecule is N#CCCN(C(=O)CC(=O)O)C1CC1. The molecule has 0 aromatic rings. The minimum absolute atomic E-state index is 0.176. The second-order valence-electron chi connectivity index (χ2n) is 3.30. The van der Waals surface area contributed by atoms with Crippen molar-refractivity contribution in [3.8, 4) is 6.07 Å². The second-order valence-corrected chi connectivity index (χ2v) is 3.30. The van der Waals surface area contributed by atoms with Gasteiger partial charge in [0.1, 0.15) is 6.42 Å². The third kappa shape index (κ3) is 3.05. The molecule has 5 heteroatoms. The van der Waals surface area contributed by atoms with Crippen LogP contribution in [-0.2, 0) is 9.59 Å². The van der Waals surface area contributed by atoms with Gasteiger partial charge in [-0.05, 0) is 12.8 Å². The van der Waals surface area contributed by atoms with Gasteiger partial charge in [0.05, 0.1) is 12.5 Å². The quantitative estimate of drug-likeness (QED) is 0.644. The molecule has 1 rings (SSSR count). The Labute approximate surface area is 81.9 Å². The summed E-state index contributed by atoms with van der Waals surface area (Å²) in [5.41, 5.74) is 0. The molecular weight excluding hydrogens is 184 g/mol. The van der Waals surface area contributed by atoms with Crippen LogP contribution in [0.5, 0.6) is 0 Å². The summed E-state index contributed by atoms with van der Waals surface area (Å²) in [4.78, 5) is 23.2. The molecule has 0 spiro atoms. The Morgan fingerprint density at radius 1 is 1.50 bits per heavy atom. The lowest BCUT2D eigenvalue weighted by Crippen LogP contribution is -2.35. The van der Waals surface area contributed by atoms with E-state index in [1.165, 1.54) is 4.90 Å². The number of carbonyl (C=O) groups excluding carboxylic acids is 1. The molecule has 14 heavy (non-hydrogen) atoms. The van der Waals surface area contributed by atoms with Gasteiger partial charge in [-0.2, -0.15) is 5.26 Å². The first kappa shape index (κ1) is 10.5. The minimum Gasteiger partial charge on any atom is -0.481 e. The van der Waals surface area contributed by atoms with E-state index in [4.69, 9.17) is 10.4 Å². The van der Waals surface area contributed by atoms with Crippen LogP contribution in [0.1, 0.15) is 25.7 Å². The molecule has 0 radical (unpaired) electrons. The standard InChI is InChI=1S/C9H12N2O3/c10-4-1-5-11(7-2-3-7)8(12)6-9(13)14/h7H,1-3,5-6H2,(H,13,14). The maximum Gasteiger partial charge on any atom is 0.312 e. The summed E-state index contributed by atoms with van der Waals surface area (Å²) in [5, 5.41) is 16.8. The zero-order valence-corrected chi connectivity index (χ0v) is 7.77. The van der Waals surface area contributed by atoms with Crippen molar-refractivity contribution in [2.45, 2.75) is 31.7 Å². The van der Waals surface area contributed by atoms with E-state index in [1.54, 1.807) is 0 Å². The molecule has 0 bridgehead atoms. The first-order chi connectivity index (χ1) is 6.65. The number of carboxylic acids is 1. The number of aliphatic carboxylic acids is 1. The van der Waals surface area contributed by atoms with Gasteiger partial charge in [0, 0.05) is 12.6 Å². The van der Waals surface area contributed by atoms with E-state index in [1.807, 2.05) is 6.07 Å². The number of amides is 1. The van der Waals surface area contributed by atoms with Crippen LogP contribution in [0.3, 0.4) is 0 Å². The van der Waals surface area contributed by atoms with E-state index in [0.29, 0.717) is 6.54 Å². The number of hydrogen-bond acceptors (Lipinski definition) is 3. The number of hydrogen-bond donors (Lipinski definition) is 1. The molecule has 1 saturated carbocycles. The smallest absolute Gasteiger partial charge is 0.312 e.